The minimum atomic E-state index is -0.727. The van der Waals surface area contributed by atoms with Gasteiger partial charge in [-0.25, -0.2) is 9.80 Å². The number of hydrazine groups is 1. The lowest BCUT2D eigenvalue weighted by Crippen LogP contribution is -2.52. The highest BCUT2D eigenvalue weighted by Gasteiger charge is 2.36. The summed E-state index contributed by atoms with van der Waals surface area (Å²) < 4.78 is 0. The Bertz CT molecular complexity index is 544. The second kappa shape index (κ2) is 5.96. The van der Waals surface area contributed by atoms with E-state index in [1.807, 2.05) is 0 Å². The molecule has 1 aromatic rings. The van der Waals surface area contributed by atoms with Crippen LogP contribution in [0.5, 0.6) is 0 Å². The van der Waals surface area contributed by atoms with Crippen LogP contribution in [0.25, 0.3) is 0 Å². The molecule has 1 heterocycles. The largest absolute Gasteiger partial charge is 0.341 e. The third kappa shape index (κ3) is 2.66. The van der Waals surface area contributed by atoms with Crippen LogP contribution in [0.15, 0.2) is 30.3 Å². The topological polar surface area (TPSA) is 86.8 Å². The second-order valence-corrected chi connectivity index (χ2v) is 4.10. The van der Waals surface area contributed by atoms with Crippen molar-refractivity contribution in [3.8, 4) is 0 Å². The van der Waals surface area contributed by atoms with E-state index in [0.717, 1.165) is 10.0 Å². The molecule has 2 rings (SSSR count). The number of nitrogens with one attached hydrogen (secondary N) is 1. The Balaban J connectivity index is 2.29. The molecule has 0 spiro atoms. The summed E-state index contributed by atoms with van der Waals surface area (Å²) >= 11 is 0. The first-order valence-electron chi connectivity index (χ1n) is 6.06. The van der Waals surface area contributed by atoms with E-state index in [0.29, 0.717) is 12.0 Å². The Morgan fingerprint density at radius 3 is 2.55 bits per heavy atom. The molecule has 7 nitrogen and oxygen atoms in total. The van der Waals surface area contributed by atoms with Crippen molar-refractivity contribution in [1.82, 2.24) is 10.3 Å². The standard InChI is InChI=1S/C13H13N3O4/c17-9-7-14-13(20)16(10-4-2-1-3-5-10)15-8-6-11(18)12(15)19/h1-5,9H,6-8H2,(H,14,20). The third-order valence-corrected chi connectivity index (χ3v) is 2.79. The normalized spacial score (nSPS) is 14.3. The first kappa shape index (κ1) is 13.7. The number of amides is 3. The Hall–Kier alpha value is -2.70. The summed E-state index contributed by atoms with van der Waals surface area (Å²) in [6.45, 7) is -0.0286. The lowest BCUT2D eigenvalue weighted by Gasteiger charge is -2.30. The molecular weight excluding hydrogens is 262 g/mol. The number of carbonyl (C=O) groups is 4. The summed E-state index contributed by atoms with van der Waals surface area (Å²) in [4.78, 5) is 45.6. The van der Waals surface area contributed by atoms with Gasteiger partial charge in [0.05, 0.1) is 18.8 Å². The number of aldehydes is 1. The molecule has 1 aliphatic heterocycles. The maximum Gasteiger partial charge on any atom is 0.341 e. The Morgan fingerprint density at radius 2 is 2.00 bits per heavy atom. The number of nitrogens with zero attached hydrogens (tertiary/aromatic N) is 2. The van der Waals surface area contributed by atoms with Crippen LogP contribution in [0.4, 0.5) is 10.5 Å². The van der Waals surface area contributed by atoms with Crippen LogP contribution in [-0.2, 0) is 14.4 Å². The van der Waals surface area contributed by atoms with E-state index >= 15 is 0 Å². The SMILES string of the molecule is O=CCNC(=O)N(c1ccccc1)N1CCC(=O)C1=O. The van der Waals surface area contributed by atoms with Crippen LogP contribution in [-0.4, -0.2) is 42.1 Å². The Kier molecular flexibility index (Phi) is 4.09. The molecule has 0 radical (unpaired) electrons. The number of para-hydroxylation sites is 1. The van der Waals surface area contributed by atoms with E-state index in [2.05, 4.69) is 5.32 Å². The molecule has 104 valence electrons. The van der Waals surface area contributed by atoms with Gasteiger partial charge in [-0.2, -0.15) is 5.01 Å². The number of ketones is 1. The monoisotopic (exact) mass is 275 g/mol. The second-order valence-electron chi connectivity index (χ2n) is 4.10. The molecule has 1 N–H and O–H groups in total. The van der Waals surface area contributed by atoms with Crippen molar-refractivity contribution in [3.05, 3.63) is 30.3 Å². The molecule has 7 heteroatoms. The third-order valence-electron chi connectivity index (χ3n) is 2.79. The Labute approximate surface area is 115 Å². The van der Waals surface area contributed by atoms with Crippen LogP contribution < -0.4 is 10.3 Å². The molecule has 0 bridgehead atoms. The number of Topliss-reactive ketones (excluding diaryl/α,β-unsaturated/α-hetero) is 1. The van der Waals surface area contributed by atoms with Gasteiger partial charge in [0.15, 0.2) is 0 Å². The maximum absolute atomic E-state index is 12.1. The van der Waals surface area contributed by atoms with Gasteiger partial charge in [-0.05, 0) is 12.1 Å². The summed E-state index contributed by atoms with van der Waals surface area (Å²) in [5, 5.41) is 4.52. The minimum absolute atomic E-state index is 0.0725. The van der Waals surface area contributed by atoms with Crippen LogP contribution in [0, 0.1) is 0 Å². The zero-order valence-corrected chi connectivity index (χ0v) is 10.6. The van der Waals surface area contributed by atoms with Gasteiger partial charge in [-0.3, -0.25) is 9.59 Å². The number of carbonyl (C=O) groups excluding carboxylic acids is 4. The van der Waals surface area contributed by atoms with Crippen molar-refractivity contribution in [3.63, 3.8) is 0 Å². The smallest absolute Gasteiger partial charge is 0.329 e. The highest BCUT2D eigenvalue weighted by Crippen LogP contribution is 2.20. The lowest BCUT2D eigenvalue weighted by molar-refractivity contribution is -0.140. The van der Waals surface area contributed by atoms with Crippen molar-refractivity contribution in [2.45, 2.75) is 6.42 Å². The quantitative estimate of drug-likeness (QED) is 0.624. The van der Waals surface area contributed by atoms with Crippen molar-refractivity contribution in [1.29, 1.82) is 0 Å². The number of rotatable bonds is 4. The molecule has 20 heavy (non-hydrogen) atoms. The highest BCUT2D eigenvalue weighted by molar-refractivity contribution is 6.38. The van der Waals surface area contributed by atoms with Gasteiger partial charge >= 0.3 is 11.9 Å². The number of anilines is 1. The number of benzene rings is 1. The van der Waals surface area contributed by atoms with E-state index < -0.39 is 17.7 Å². The van der Waals surface area contributed by atoms with E-state index in [-0.39, 0.29) is 19.5 Å². The van der Waals surface area contributed by atoms with E-state index in [4.69, 9.17) is 0 Å². The van der Waals surface area contributed by atoms with E-state index in [9.17, 15) is 19.2 Å². The molecule has 1 aliphatic rings. The van der Waals surface area contributed by atoms with Gasteiger partial charge in [0.2, 0.25) is 5.78 Å². The fraction of sp³-hybridized carbons (Fsp3) is 0.231. The van der Waals surface area contributed by atoms with Crippen LogP contribution in [0.2, 0.25) is 0 Å². The molecular formula is C13H13N3O4. The molecule has 1 saturated heterocycles. The first-order valence-corrected chi connectivity index (χ1v) is 6.06. The number of hydrogen-bond donors (Lipinski definition) is 1. The minimum Gasteiger partial charge on any atom is -0.329 e. The lowest BCUT2D eigenvalue weighted by atomic mass is 10.3. The average molecular weight is 275 g/mol. The zero-order valence-electron chi connectivity index (χ0n) is 10.6. The number of urea groups is 1. The molecule has 0 saturated carbocycles. The molecule has 1 aromatic carbocycles. The van der Waals surface area contributed by atoms with Gasteiger partial charge in [-0.1, -0.05) is 18.2 Å². The summed E-state index contributed by atoms with van der Waals surface area (Å²) in [5.74, 6) is -1.26. The molecule has 1 fully saturated rings. The summed E-state index contributed by atoms with van der Waals surface area (Å²) in [6.07, 6.45) is 0.612. The van der Waals surface area contributed by atoms with Gasteiger partial charge < -0.3 is 10.1 Å². The van der Waals surface area contributed by atoms with Crippen LogP contribution >= 0.6 is 0 Å². The fourth-order valence-corrected chi connectivity index (χ4v) is 1.89. The maximum atomic E-state index is 12.1. The predicted octanol–water partition coefficient (Wildman–Crippen LogP) is 0.118. The molecule has 0 aromatic heterocycles. The van der Waals surface area contributed by atoms with Crippen LogP contribution in [0.1, 0.15) is 6.42 Å². The van der Waals surface area contributed by atoms with Crippen molar-refractivity contribution in [2.24, 2.45) is 0 Å². The highest BCUT2D eigenvalue weighted by atomic mass is 16.2. The summed E-state index contributed by atoms with van der Waals surface area (Å²) in [6, 6.07) is 7.82. The van der Waals surface area contributed by atoms with E-state index in [1.54, 1.807) is 30.3 Å². The molecule has 0 unspecified atom stereocenters. The molecule has 0 aliphatic carbocycles. The summed E-state index contributed by atoms with van der Waals surface area (Å²) in [5.41, 5.74) is 0.443. The van der Waals surface area contributed by atoms with Gasteiger partial charge in [0, 0.05) is 6.42 Å². The average Bonchev–Trinajstić information content (AvgIpc) is 2.79. The van der Waals surface area contributed by atoms with E-state index in [1.165, 1.54) is 0 Å². The molecule has 3 amide bonds. The van der Waals surface area contributed by atoms with Gasteiger partial charge in [-0.15, -0.1) is 0 Å². The van der Waals surface area contributed by atoms with Gasteiger partial charge in [0.1, 0.15) is 6.29 Å². The first-order chi connectivity index (χ1) is 9.65. The van der Waals surface area contributed by atoms with Gasteiger partial charge in [0.25, 0.3) is 0 Å². The fourth-order valence-electron chi connectivity index (χ4n) is 1.89. The van der Waals surface area contributed by atoms with Crippen molar-refractivity contribution in [2.75, 3.05) is 18.1 Å². The number of hydrogen-bond acceptors (Lipinski definition) is 4. The Morgan fingerprint density at radius 1 is 1.30 bits per heavy atom. The predicted molar refractivity (Wildman–Crippen MR) is 69.7 cm³/mol. The zero-order chi connectivity index (χ0) is 14.5. The van der Waals surface area contributed by atoms with Crippen molar-refractivity contribution >= 4 is 29.7 Å². The van der Waals surface area contributed by atoms with Crippen molar-refractivity contribution < 1.29 is 19.2 Å². The molecule has 0 atom stereocenters. The summed E-state index contributed by atoms with van der Waals surface area (Å²) in [7, 11) is 0. The van der Waals surface area contributed by atoms with Crippen LogP contribution in [0.3, 0.4) is 0 Å².